The molecule has 0 spiro atoms. The second kappa shape index (κ2) is 5.22. The Morgan fingerprint density at radius 2 is 1.90 bits per heavy atom. The van der Waals surface area contributed by atoms with E-state index >= 15 is 0 Å². The summed E-state index contributed by atoms with van der Waals surface area (Å²) in [6.07, 6.45) is 6.26. The molecule has 0 bridgehead atoms. The summed E-state index contributed by atoms with van der Waals surface area (Å²) in [5.41, 5.74) is 1.97. The number of aliphatic hydroxyl groups is 1. The first-order chi connectivity index (χ1) is 10.4. The SMILES string of the molecule is OCCn1c(C2CCCCC2)nc2cc3c(cc21)OCO3. The zero-order valence-electron chi connectivity index (χ0n) is 12.0. The highest BCUT2D eigenvalue weighted by molar-refractivity contribution is 5.81. The Labute approximate surface area is 123 Å². The number of rotatable bonds is 3. The lowest BCUT2D eigenvalue weighted by Crippen LogP contribution is -2.13. The fourth-order valence-corrected chi connectivity index (χ4v) is 3.54. The van der Waals surface area contributed by atoms with E-state index in [9.17, 15) is 5.11 Å². The van der Waals surface area contributed by atoms with Gasteiger partial charge in [0.05, 0.1) is 17.6 Å². The van der Waals surface area contributed by atoms with Gasteiger partial charge in [-0.05, 0) is 12.8 Å². The van der Waals surface area contributed by atoms with Gasteiger partial charge in [0.2, 0.25) is 6.79 Å². The van der Waals surface area contributed by atoms with E-state index in [-0.39, 0.29) is 13.4 Å². The van der Waals surface area contributed by atoms with Crippen molar-refractivity contribution in [2.45, 2.75) is 44.6 Å². The first kappa shape index (κ1) is 13.0. The molecule has 112 valence electrons. The van der Waals surface area contributed by atoms with Crippen LogP contribution in [0.3, 0.4) is 0 Å². The Bertz CT molecular complexity index is 659. The third kappa shape index (κ3) is 2.16. The molecule has 0 radical (unpaired) electrons. The second-order valence-corrected chi connectivity index (χ2v) is 5.87. The normalized spacial score (nSPS) is 18.5. The van der Waals surface area contributed by atoms with E-state index in [1.807, 2.05) is 12.1 Å². The maximum absolute atomic E-state index is 9.41. The van der Waals surface area contributed by atoms with Crippen molar-refractivity contribution in [2.24, 2.45) is 0 Å². The number of aliphatic hydroxyl groups excluding tert-OH is 1. The first-order valence-electron chi connectivity index (χ1n) is 7.77. The summed E-state index contributed by atoms with van der Waals surface area (Å²) in [5.74, 6) is 3.17. The molecule has 0 amide bonds. The van der Waals surface area contributed by atoms with Crippen molar-refractivity contribution >= 4 is 11.0 Å². The summed E-state index contributed by atoms with van der Waals surface area (Å²) >= 11 is 0. The lowest BCUT2D eigenvalue weighted by atomic mass is 9.88. The minimum absolute atomic E-state index is 0.125. The van der Waals surface area contributed by atoms with Crippen LogP contribution in [0, 0.1) is 0 Å². The van der Waals surface area contributed by atoms with E-state index in [2.05, 4.69) is 4.57 Å². The van der Waals surface area contributed by atoms with Crippen LogP contribution in [0.4, 0.5) is 0 Å². The van der Waals surface area contributed by atoms with Crippen LogP contribution in [-0.2, 0) is 6.54 Å². The third-order valence-electron chi connectivity index (χ3n) is 4.57. The summed E-state index contributed by atoms with van der Waals surface area (Å²) < 4.78 is 13.1. The molecule has 2 aliphatic rings. The molecule has 1 aliphatic carbocycles. The Kier molecular flexibility index (Phi) is 3.22. The average molecular weight is 288 g/mol. The highest BCUT2D eigenvalue weighted by Gasteiger charge is 2.24. The summed E-state index contributed by atoms with van der Waals surface area (Å²) in [5, 5.41) is 9.41. The van der Waals surface area contributed by atoms with Gasteiger partial charge >= 0.3 is 0 Å². The maximum Gasteiger partial charge on any atom is 0.231 e. The van der Waals surface area contributed by atoms with Gasteiger partial charge < -0.3 is 19.1 Å². The van der Waals surface area contributed by atoms with E-state index in [0.29, 0.717) is 12.5 Å². The molecule has 4 rings (SSSR count). The Morgan fingerprint density at radius 3 is 2.67 bits per heavy atom. The average Bonchev–Trinajstić information content (AvgIpc) is 3.11. The molecular formula is C16H20N2O3. The van der Waals surface area contributed by atoms with E-state index in [4.69, 9.17) is 14.5 Å². The van der Waals surface area contributed by atoms with Crippen molar-refractivity contribution in [3.8, 4) is 11.5 Å². The molecule has 1 aromatic heterocycles. The number of imidazole rings is 1. The number of nitrogens with zero attached hydrogens (tertiary/aromatic N) is 2. The van der Waals surface area contributed by atoms with Gasteiger partial charge in [-0.15, -0.1) is 0 Å². The topological polar surface area (TPSA) is 56.5 Å². The van der Waals surface area contributed by atoms with Crippen molar-refractivity contribution < 1.29 is 14.6 Å². The predicted octanol–water partition coefficient (Wildman–Crippen LogP) is 2.81. The Morgan fingerprint density at radius 1 is 1.14 bits per heavy atom. The van der Waals surface area contributed by atoms with Crippen molar-refractivity contribution in [1.29, 1.82) is 0 Å². The van der Waals surface area contributed by atoms with E-state index < -0.39 is 0 Å². The van der Waals surface area contributed by atoms with Crippen LogP contribution >= 0.6 is 0 Å². The largest absolute Gasteiger partial charge is 0.454 e. The molecule has 5 nitrogen and oxygen atoms in total. The van der Waals surface area contributed by atoms with Gasteiger partial charge in [0.15, 0.2) is 11.5 Å². The standard InChI is InChI=1S/C16H20N2O3/c19-7-6-18-13-9-15-14(20-10-21-15)8-12(13)17-16(18)11-4-2-1-3-5-11/h8-9,11,19H,1-7,10H2. The Hall–Kier alpha value is -1.75. The summed E-state index contributed by atoms with van der Waals surface area (Å²) in [7, 11) is 0. The molecule has 1 N–H and O–H groups in total. The molecule has 5 heteroatoms. The summed E-state index contributed by atoms with van der Waals surface area (Å²) in [4.78, 5) is 4.85. The zero-order chi connectivity index (χ0) is 14.2. The van der Waals surface area contributed by atoms with Crippen LogP contribution in [0.1, 0.15) is 43.8 Å². The van der Waals surface area contributed by atoms with Gasteiger partial charge in [-0.25, -0.2) is 4.98 Å². The zero-order valence-corrected chi connectivity index (χ0v) is 12.0. The van der Waals surface area contributed by atoms with E-state index in [0.717, 1.165) is 28.4 Å². The van der Waals surface area contributed by atoms with Gasteiger partial charge in [0, 0.05) is 24.6 Å². The molecule has 1 aromatic carbocycles. The van der Waals surface area contributed by atoms with Gasteiger partial charge in [-0.2, -0.15) is 0 Å². The van der Waals surface area contributed by atoms with Crippen molar-refractivity contribution in [3.05, 3.63) is 18.0 Å². The van der Waals surface area contributed by atoms with Crippen LogP contribution in [0.25, 0.3) is 11.0 Å². The number of hydrogen-bond acceptors (Lipinski definition) is 4. The minimum Gasteiger partial charge on any atom is -0.454 e. The van der Waals surface area contributed by atoms with Crippen LogP contribution in [0.2, 0.25) is 0 Å². The highest BCUT2D eigenvalue weighted by Crippen LogP contribution is 2.39. The number of hydrogen-bond donors (Lipinski definition) is 1. The highest BCUT2D eigenvalue weighted by atomic mass is 16.7. The van der Waals surface area contributed by atoms with Crippen molar-refractivity contribution in [3.63, 3.8) is 0 Å². The van der Waals surface area contributed by atoms with Crippen LogP contribution < -0.4 is 9.47 Å². The van der Waals surface area contributed by atoms with Crippen molar-refractivity contribution in [1.82, 2.24) is 9.55 Å². The van der Waals surface area contributed by atoms with Gasteiger partial charge in [0.1, 0.15) is 5.82 Å². The fraction of sp³-hybridized carbons (Fsp3) is 0.562. The van der Waals surface area contributed by atoms with Crippen LogP contribution in [0.5, 0.6) is 11.5 Å². The number of benzene rings is 1. The fourth-order valence-electron chi connectivity index (χ4n) is 3.54. The van der Waals surface area contributed by atoms with Gasteiger partial charge in [-0.3, -0.25) is 0 Å². The monoisotopic (exact) mass is 288 g/mol. The Balaban J connectivity index is 1.83. The van der Waals surface area contributed by atoms with Crippen LogP contribution in [0.15, 0.2) is 12.1 Å². The number of fused-ring (bicyclic) bond motifs is 2. The first-order valence-corrected chi connectivity index (χ1v) is 7.77. The van der Waals surface area contributed by atoms with E-state index in [1.165, 1.54) is 32.1 Å². The second-order valence-electron chi connectivity index (χ2n) is 5.87. The molecular weight excluding hydrogens is 268 g/mol. The number of ether oxygens (including phenoxy) is 2. The van der Waals surface area contributed by atoms with E-state index in [1.54, 1.807) is 0 Å². The van der Waals surface area contributed by atoms with Gasteiger partial charge in [0.25, 0.3) is 0 Å². The maximum atomic E-state index is 9.41. The number of aromatic nitrogens is 2. The molecule has 0 saturated heterocycles. The molecule has 2 aromatic rings. The lowest BCUT2D eigenvalue weighted by molar-refractivity contribution is 0.174. The summed E-state index contributed by atoms with van der Waals surface area (Å²) in [6, 6.07) is 3.95. The summed E-state index contributed by atoms with van der Waals surface area (Å²) in [6.45, 7) is 0.985. The molecule has 0 atom stereocenters. The van der Waals surface area contributed by atoms with Crippen LogP contribution in [-0.4, -0.2) is 28.1 Å². The molecule has 1 saturated carbocycles. The lowest BCUT2D eigenvalue weighted by Gasteiger charge is -2.22. The van der Waals surface area contributed by atoms with Gasteiger partial charge in [-0.1, -0.05) is 19.3 Å². The predicted molar refractivity (Wildman–Crippen MR) is 78.8 cm³/mol. The quantitative estimate of drug-likeness (QED) is 0.943. The van der Waals surface area contributed by atoms with Crippen molar-refractivity contribution in [2.75, 3.05) is 13.4 Å². The minimum atomic E-state index is 0.125. The molecule has 1 aliphatic heterocycles. The molecule has 1 fully saturated rings. The third-order valence-corrected chi connectivity index (χ3v) is 4.57. The smallest absolute Gasteiger partial charge is 0.231 e. The molecule has 21 heavy (non-hydrogen) atoms. The molecule has 2 heterocycles. The molecule has 0 unspecified atom stereocenters.